The van der Waals surface area contributed by atoms with Gasteiger partial charge in [-0.3, -0.25) is 4.79 Å². The normalized spacial score (nSPS) is 15.3. The number of hydrogen-bond acceptors (Lipinski definition) is 4. The summed E-state index contributed by atoms with van der Waals surface area (Å²) in [6.07, 6.45) is 2.15. The number of benzene rings is 2. The predicted molar refractivity (Wildman–Crippen MR) is 113 cm³/mol. The van der Waals surface area contributed by atoms with E-state index in [-0.39, 0.29) is 22.2 Å². The van der Waals surface area contributed by atoms with Crippen LogP contribution in [-0.2, 0) is 21.2 Å². The lowest BCUT2D eigenvalue weighted by Gasteiger charge is -2.24. The number of ether oxygens (including phenoxy) is 1. The summed E-state index contributed by atoms with van der Waals surface area (Å²) in [4.78, 5) is 14.7. The van der Waals surface area contributed by atoms with Crippen molar-refractivity contribution in [2.75, 3.05) is 19.7 Å². The standard InChI is InChI=1S/C21H25ClN2O4S/c1-2-28-20-11-10-17(15-18(20)22)29(26,27)23-19(14-16-8-4-3-5-9-16)21(25)24-12-6-7-13-24/h3-5,8-11,15,19,23H,2,6-7,12-14H2,1H3/t19-/m1/s1. The molecule has 1 saturated heterocycles. The molecular weight excluding hydrogens is 412 g/mol. The minimum absolute atomic E-state index is 0.00163. The van der Waals surface area contributed by atoms with E-state index in [9.17, 15) is 13.2 Å². The summed E-state index contributed by atoms with van der Waals surface area (Å²) in [7, 11) is -3.95. The Morgan fingerprint density at radius 1 is 1.17 bits per heavy atom. The maximum Gasteiger partial charge on any atom is 0.241 e. The Kier molecular flexibility index (Phi) is 7.16. The van der Waals surface area contributed by atoms with Gasteiger partial charge in [0, 0.05) is 13.1 Å². The highest BCUT2D eigenvalue weighted by molar-refractivity contribution is 7.89. The molecule has 6 nitrogen and oxygen atoms in total. The summed E-state index contributed by atoms with van der Waals surface area (Å²) in [6.45, 7) is 3.55. The summed E-state index contributed by atoms with van der Waals surface area (Å²) in [6, 6.07) is 12.8. The maximum atomic E-state index is 13.0. The first-order chi connectivity index (χ1) is 13.9. The summed E-state index contributed by atoms with van der Waals surface area (Å²) < 4.78 is 33.9. The van der Waals surface area contributed by atoms with Crippen LogP contribution in [0.4, 0.5) is 0 Å². The van der Waals surface area contributed by atoms with Gasteiger partial charge in [0.1, 0.15) is 11.8 Å². The third kappa shape index (κ3) is 5.50. The van der Waals surface area contributed by atoms with E-state index in [2.05, 4.69) is 4.72 Å². The Morgan fingerprint density at radius 2 is 1.86 bits per heavy atom. The first-order valence-corrected chi connectivity index (χ1v) is 11.5. The molecule has 1 amide bonds. The molecule has 8 heteroatoms. The van der Waals surface area contributed by atoms with Gasteiger partial charge in [-0.15, -0.1) is 0 Å². The molecule has 1 heterocycles. The Hall–Kier alpha value is -2.09. The van der Waals surface area contributed by atoms with E-state index in [0.29, 0.717) is 25.4 Å². The van der Waals surface area contributed by atoms with Gasteiger partial charge in [-0.05, 0) is 49.9 Å². The van der Waals surface area contributed by atoms with Crippen molar-refractivity contribution in [3.63, 3.8) is 0 Å². The first-order valence-electron chi connectivity index (χ1n) is 9.68. The van der Waals surface area contributed by atoms with E-state index in [4.69, 9.17) is 16.3 Å². The summed E-state index contributed by atoms with van der Waals surface area (Å²) in [5, 5.41) is 0.209. The monoisotopic (exact) mass is 436 g/mol. The van der Waals surface area contributed by atoms with Crippen molar-refractivity contribution in [2.24, 2.45) is 0 Å². The molecular formula is C21H25ClN2O4S. The van der Waals surface area contributed by atoms with Crippen LogP contribution >= 0.6 is 11.6 Å². The zero-order valence-corrected chi connectivity index (χ0v) is 17.9. The molecule has 156 valence electrons. The van der Waals surface area contributed by atoms with Crippen LogP contribution in [0.15, 0.2) is 53.4 Å². The van der Waals surface area contributed by atoms with Crippen LogP contribution in [0.2, 0.25) is 5.02 Å². The van der Waals surface area contributed by atoms with E-state index in [1.165, 1.54) is 18.2 Å². The zero-order chi connectivity index (χ0) is 20.9. The highest BCUT2D eigenvalue weighted by Gasteiger charge is 2.31. The van der Waals surface area contributed by atoms with Crippen LogP contribution in [0, 0.1) is 0 Å². The SMILES string of the molecule is CCOc1ccc(S(=O)(=O)N[C@H](Cc2ccccc2)C(=O)N2CCCC2)cc1Cl. The van der Waals surface area contributed by atoms with Gasteiger partial charge in [0.2, 0.25) is 15.9 Å². The Balaban J connectivity index is 1.85. The number of amides is 1. The molecule has 3 rings (SSSR count). The van der Waals surface area contributed by atoms with Gasteiger partial charge in [-0.1, -0.05) is 41.9 Å². The molecule has 1 atom stereocenters. The van der Waals surface area contributed by atoms with Gasteiger partial charge in [0.05, 0.1) is 16.5 Å². The number of carbonyl (C=O) groups excluding carboxylic acids is 1. The molecule has 1 aliphatic rings. The number of rotatable bonds is 8. The zero-order valence-electron chi connectivity index (χ0n) is 16.3. The lowest BCUT2D eigenvalue weighted by atomic mass is 10.1. The summed E-state index contributed by atoms with van der Waals surface area (Å²) in [5.74, 6) is 0.217. The molecule has 0 saturated carbocycles. The molecule has 2 aromatic rings. The quantitative estimate of drug-likeness (QED) is 0.689. The molecule has 1 fully saturated rings. The molecule has 2 aromatic carbocycles. The smallest absolute Gasteiger partial charge is 0.241 e. The fourth-order valence-electron chi connectivity index (χ4n) is 3.36. The van der Waals surface area contributed by atoms with Gasteiger partial charge in [0.15, 0.2) is 0 Å². The molecule has 0 radical (unpaired) electrons. The first kappa shape index (κ1) is 21.6. The topological polar surface area (TPSA) is 75.7 Å². The summed E-state index contributed by atoms with van der Waals surface area (Å²) >= 11 is 6.15. The van der Waals surface area contributed by atoms with Gasteiger partial charge < -0.3 is 9.64 Å². The minimum Gasteiger partial charge on any atom is -0.492 e. The second-order valence-electron chi connectivity index (χ2n) is 6.92. The Bertz CT molecular complexity index is 944. The van der Waals surface area contributed by atoms with E-state index < -0.39 is 16.1 Å². The van der Waals surface area contributed by atoms with Gasteiger partial charge >= 0.3 is 0 Å². The van der Waals surface area contributed by atoms with E-state index in [0.717, 1.165) is 18.4 Å². The van der Waals surface area contributed by atoms with Gasteiger partial charge in [-0.2, -0.15) is 4.72 Å². The van der Waals surface area contributed by atoms with Crippen molar-refractivity contribution >= 4 is 27.5 Å². The molecule has 29 heavy (non-hydrogen) atoms. The van der Waals surface area contributed by atoms with Crippen molar-refractivity contribution in [2.45, 2.75) is 37.1 Å². The van der Waals surface area contributed by atoms with Crippen LogP contribution in [0.1, 0.15) is 25.3 Å². The van der Waals surface area contributed by atoms with E-state index in [1.54, 1.807) is 4.90 Å². The average molecular weight is 437 g/mol. The Labute approximate surface area is 176 Å². The van der Waals surface area contributed by atoms with Gasteiger partial charge in [0.25, 0.3) is 0 Å². The summed E-state index contributed by atoms with van der Waals surface area (Å²) in [5.41, 5.74) is 0.887. The lowest BCUT2D eigenvalue weighted by molar-refractivity contribution is -0.131. The van der Waals surface area contributed by atoms with Crippen molar-refractivity contribution in [1.29, 1.82) is 0 Å². The van der Waals surface area contributed by atoms with Gasteiger partial charge in [-0.25, -0.2) is 8.42 Å². The van der Waals surface area contributed by atoms with Crippen molar-refractivity contribution in [1.82, 2.24) is 9.62 Å². The van der Waals surface area contributed by atoms with Crippen molar-refractivity contribution in [3.8, 4) is 5.75 Å². The second kappa shape index (κ2) is 9.61. The van der Waals surface area contributed by atoms with Crippen molar-refractivity contribution < 1.29 is 17.9 Å². The highest BCUT2D eigenvalue weighted by atomic mass is 35.5. The van der Waals surface area contributed by atoms with Crippen LogP contribution < -0.4 is 9.46 Å². The van der Waals surface area contributed by atoms with Crippen LogP contribution in [-0.4, -0.2) is 45.0 Å². The molecule has 0 spiro atoms. The molecule has 1 N–H and O–H groups in total. The molecule has 0 bridgehead atoms. The number of likely N-dealkylation sites (tertiary alicyclic amines) is 1. The fourth-order valence-corrected chi connectivity index (χ4v) is 4.88. The number of sulfonamides is 1. The fraction of sp³-hybridized carbons (Fsp3) is 0.381. The van der Waals surface area contributed by atoms with E-state index >= 15 is 0 Å². The van der Waals surface area contributed by atoms with Crippen LogP contribution in [0.5, 0.6) is 5.75 Å². The molecule has 0 unspecified atom stereocenters. The largest absolute Gasteiger partial charge is 0.492 e. The number of hydrogen-bond donors (Lipinski definition) is 1. The second-order valence-corrected chi connectivity index (χ2v) is 9.04. The highest BCUT2D eigenvalue weighted by Crippen LogP contribution is 2.27. The molecule has 0 aliphatic carbocycles. The Morgan fingerprint density at radius 3 is 2.48 bits per heavy atom. The van der Waals surface area contributed by atoms with Crippen molar-refractivity contribution in [3.05, 3.63) is 59.1 Å². The number of carbonyl (C=O) groups is 1. The third-order valence-electron chi connectivity index (χ3n) is 4.81. The predicted octanol–water partition coefficient (Wildman–Crippen LogP) is 3.25. The number of nitrogens with zero attached hydrogens (tertiary/aromatic N) is 1. The lowest BCUT2D eigenvalue weighted by Crippen LogP contribution is -2.48. The van der Waals surface area contributed by atoms with Crippen LogP contribution in [0.3, 0.4) is 0 Å². The molecule has 1 aliphatic heterocycles. The third-order valence-corrected chi connectivity index (χ3v) is 6.57. The van der Waals surface area contributed by atoms with E-state index in [1.807, 2.05) is 37.3 Å². The average Bonchev–Trinajstić information content (AvgIpc) is 3.24. The maximum absolute atomic E-state index is 13.0. The number of nitrogens with one attached hydrogen (secondary N) is 1. The number of halogens is 1. The minimum atomic E-state index is -3.95. The van der Waals surface area contributed by atoms with Crippen LogP contribution in [0.25, 0.3) is 0 Å². The molecule has 0 aromatic heterocycles.